The van der Waals surface area contributed by atoms with Gasteiger partial charge >= 0.3 is 5.97 Å². The Bertz CT molecular complexity index is 1770. The molecule has 0 aliphatic rings. The molecule has 0 spiro atoms. The van der Waals surface area contributed by atoms with Crippen LogP contribution in [0.5, 0.6) is 23.0 Å². The van der Waals surface area contributed by atoms with Crippen molar-refractivity contribution in [1.29, 1.82) is 0 Å². The smallest absolute Gasteiger partial charge is 0.343 e. The van der Waals surface area contributed by atoms with Gasteiger partial charge in [-0.2, -0.15) is 5.10 Å². The Morgan fingerprint density at radius 2 is 1.52 bits per heavy atom. The predicted molar refractivity (Wildman–Crippen MR) is 161 cm³/mol. The highest BCUT2D eigenvalue weighted by atomic mass is 35.5. The van der Waals surface area contributed by atoms with E-state index < -0.39 is 11.9 Å². The zero-order valence-corrected chi connectivity index (χ0v) is 23.7. The van der Waals surface area contributed by atoms with Gasteiger partial charge in [-0.25, -0.2) is 10.2 Å². The van der Waals surface area contributed by atoms with Gasteiger partial charge in [-0.05, 0) is 48.0 Å². The van der Waals surface area contributed by atoms with E-state index in [1.54, 1.807) is 30.3 Å². The molecular weight excluding hydrogens is 558 g/mol. The number of aromatic nitrogens is 1. The molecule has 0 aliphatic heterocycles. The van der Waals surface area contributed by atoms with E-state index in [-0.39, 0.29) is 11.3 Å². The molecule has 9 nitrogen and oxygen atoms in total. The predicted octanol–water partition coefficient (Wildman–Crippen LogP) is 6.50. The lowest BCUT2D eigenvalue weighted by Gasteiger charge is -2.14. The van der Waals surface area contributed by atoms with Crippen LogP contribution in [0.25, 0.3) is 22.0 Å². The monoisotopic (exact) mass is 583 g/mol. The van der Waals surface area contributed by atoms with Crippen LogP contribution in [-0.2, 0) is 0 Å². The SMILES string of the molecule is COc1cc(C(=O)Oc2ccccc2C=NNC(=O)c2[nH]c3ccc(Cl)cc3c2-c2ccccc2)cc(OC)c1OC. The van der Waals surface area contributed by atoms with Crippen LogP contribution < -0.4 is 24.4 Å². The van der Waals surface area contributed by atoms with E-state index in [1.165, 1.54) is 39.7 Å². The molecule has 1 amide bonds. The summed E-state index contributed by atoms with van der Waals surface area (Å²) in [5.74, 6) is 0.117. The van der Waals surface area contributed by atoms with Crippen molar-refractivity contribution >= 4 is 40.6 Å². The number of nitrogens with one attached hydrogen (secondary N) is 2. The zero-order valence-electron chi connectivity index (χ0n) is 22.9. The van der Waals surface area contributed by atoms with Crippen LogP contribution in [0.2, 0.25) is 5.02 Å². The van der Waals surface area contributed by atoms with Crippen LogP contribution in [0.15, 0.2) is 90.0 Å². The molecule has 5 aromatic rings. The van der Waals surface area contributed by atoms with Crippen LogP contribution in [0.1, 0.15) is 26.4 Å². The van der Waals surface area contributed by atoms with Crippen LogP contribution in [0, 0.1) is 0 Å². The highest BCUT2D eigenvalue weighted by molar-refractivity contribution is 6.31. The topological polar surface area (TPSA) is 111 Å². The number of rotatable bonds is 9. The van der Waals surface area contributed by atoms with Gasteiger partial charge < -0.3 is 23.9 Å². The summed E-state index contributed by atoms with van der Waals surface area (Å²) < 4.78 is 21.6. The Morgan fingerprint density at radius 1 is 0.833 bits per heavy atom. The average Bonchev–Trinajstić information content (AvgIpc) is 3.40. The van der Waals surface area contributed by atoms with Gasteiger partial charge in [0.15, 0.2) is 11.5 Å². The molecule has 0 bridgehead atoms. The number of ether oxygens (including phenoxy) is 4. The van der Waals surface area contributed by atoms with Crippen molar-refractivity contribution < 1.29 is 28.5 Å². The molecule has 1 heterocycles. The van der Waals surface area contributed by atoms with E-state index in [0.717, 1.165) is 16.5 Å². The Morgan fingerprint density at radius 3 is 2.21 bits per heavy atom. The maximum Gasteiger partial charge on any atom is 0.343 e. The lowest BCUT2D eigenvalue weighted by molar-refractivity contribution is 0.0733. The third-order valence-electron chi connectivity index (χ3n) is 6.44. The molecule has 0 atom stereocenters. The number of carbonyl (C=O) groups excluding carboxylic acids is 2. The quantitative estimate of drug-likeness (QED) is 0.0887. The standard InChI is InChI=1S/C32H26ClN3O6/c1-39-26-15-21(16-27(40-2)30(26)41-3)32(38)42-25-12-8-7-11-20(25)18-34-36-31(37)29-28(19-9-5-4-6-10-19)23-17-22(33)13-14-24(23)35-29/h4-18,35H,1-3H3,(H,36,37). The molecule has 0 unspecified atom stereocenters. The van der Waals surface area contributed by atoms with Gasteiger partial charge in [0.25, 0.3) is 5.91 Å². The summed E-state index contributed by atoms with van der Waals surface area (Å²) in [6.45, 7) is 0. The molecule has 212 valence electrons. The van der Waals surface area contributed by atoms with E-state index in [4.69, 9.17) is 30.5 Å². The number of hydrogen-bond donors (Lipinski definition) is 2. The van der Waals surface area contributed by atoms with E-state index >= 15 is 0 Å². The Kier molecular flexibility index (Phi) is 8.40. The normalized spacial score (nSPS) is 11.0. The first-order valence-corrected chi connectivity index (χ1v) is 13.1. The number of methoxy groups -OCH3 is 3. The second-order valence-electron chi connectivity index (χ2n) is 8.97. The first kappa shape index (κ1) is 28.3. The third kappa shape index (κ3) is 5.77. The summed E-state index contributed by atoms with van der Waals surface area (Å²) in [5.41, 5.74) is 5.87. The molecule has 0 saturated heterocycles. The number of aromatic amines is 1. The van der Waals surface area contributed by atoms with E-state index in [2.05, 4.69) is 15.5 Å². The minimum Gasteiger partial charge on any atom is -0.493 e. The van der Waals surface area contributed by atoms with Gasteiger partial charge in [-0.1, -0.05) is 54.1 Å². The van der Waals surface area contributed by atoms with Crippen molar-refractivity contribution in [3.63, 3.8) is 0 Å². The number of para-hydroxylation sites is 1. The van der Waals surface area contributed by atoms with Crippen molar-refractivity contribution in [3.8, 4) is 34.1 Å². The Hall–Kier alpha value is -5.28. The van der Waals surface area contributed by atoms with E-state index in [9.17, 15) is 9.59 Å². The van der Waals surface area contributed by atoms with Crippen molar-refractivity contribution in [2.45, 2.75) is 0 Å². The molecule has 5 rings (SSSR count). The lowest BCUT2D eigenvalue weighted by atomic mass is 10.0. The molecule has 4 aromatic carbocycles. The molecule has 10 heteroatoms. The molecule has 42 heavy (non-hydrogen) atoms. The number of carbonyl (C=O) groups is 2. The highest BCUT2D eigenvalue weighted by Crippen LogP contribution is 2.38. The van der Waals surface area contributed by atoms with Crippen LogP contribution in [0.4, 0.5) is 0 Å². The minimum absolute atomic E-state index is 0.192. The maximum atomic E-state index is 13.3. The van der Waals surface area contributed by atoms with Crippen LogP contribution in [-0.4, -0.2) is 44.4 Å². The largest absolute Gasteiger partial charge is 0.493 e. The number of hydrazone groups is 1. The molecule has 0 saturated carbocycles. The van der Waals surface area contributed by atoms with Crippen molar-refractivity contribution in [2.75, 3.05) is 21.3 Å². The van der Waals surface area contributed by atoms with E-state index in [1.807, 2.05) is 42.5 Å². The van der Waals surface area contributed by atoms with Crippen molar-refractivity contribution in [3.05, 3.63) is 107 Å². The summed E-state index contributed by atoms with van der Waals surface area (Å²) in [7, 11) is 4.39. The second-order valence-corrected chi connectivity index (χ2v) is 9.41. The average molecular weight is 584 g/mol. The first-order chi connectivity index (χ1) is 20.4. The summed E-state index contributed by atoms with van der Waals surface area (Å²) in [4.78, 5) is 29.5. The van der Waals surface area contributed by atoms with Crippen molar-refractivity contribution in [1.82, 2.24) is 10.4 Å². The number of benzene rings is 4. The zero-order chi connectivity index (χ0) is 29.6. The summed E-state index contributed by atoms with van der Waals surface area (Å²) >= 11 is 6.26. The molecule has 1 aromatic heterocycles. The van der Waals surface area contributed by atoms with Crippen LogP contribution >= 0.6 is 11.6 Å². The number of fused-ring (bicyclic) bond motifs is 1. The van der Waals surface area contributed by atoms with Gasteiger partial charge in [0.1, 0.15) is 11.4 Å². The number of halogens is 1. The minimum atomic E-state index is -0.650. The maximum absolute atomic E-state index is 13.3. The summed E-state index contributed by atoms with van der Waals surface area (Å²) in [6, 6.07) is 24.7. The first-order valence-electron chi connectivity index (χ1n) is 12.7. The van der Waals surface area contributed by atoms with Crippen molar-refractivity contribution in [2.24, 2.45) is 5.10 Å². The summed E-state index contributed by atoms with van der Waals surface area (Å²) in [5, 5.41) is 5.51. The molecule has 2 N–H and O–H groups in total. The van der Waals surface area contributed by atoms with Crippen LogP contribution in [0.3, 0.4) is 0 Å². The Labute approximate surface area is 246 Å². The van der Waals surface area contributed by atoms with Gasteiger partial charge in [-0.3, -0.25) is 4.79 Å². The molecule has 0 aliphatic carbocycles. The van der Waals surface area contributed by atoms with Gasteiger partial charge in [0.05, 0.1) is 33.1 Å². The number of H-pyrrole nitrogens is 1. The molecule has 0 fully saturated rings. The summed E-state index contributed by atoms with van der Waals surface area (Å²) in [6.07, 6.45) is 1.40. The fourth-order valence-corrected chi connectivity index (χ4v) is 4.67. The fraction of sp³-hybridized carbons (Fsp3) is 0.0938. The van der Waals surface area contributed by atoms with Gasteiger partial charge in [-0.15, -0.1) is 0 Å². The van der Waals surface area contributed by atoms with Gasteiger partial charge in [0, 0.05) is 27.1 Å². The third-order valence-corrected chi connectivity index (χ3v) is 6.68. The number of hydrogen-bond acceptors (Lipinski definition) is 7. The highest BCUT2D eigenvalue weighted by Gasteiger charge is 2.21. The number of amides is 1. The second kappa shape index (κ2) is 12.5. The Balaban J connectivity index is 1.38. The lowest BCUT2D eigenvalue weighted by Crippen LogP contribution is -2.19. The molecular formula is C32H26ClN3O6. The van der Waals surface area contributed by atoms with E-state index in [0.29, 0.717) is 39.1 Å². The number of esters is 1. The number of nitrogens with zero attached hydrogens (tertiary/aromatic N) is 1. The fourth-order valence-electron chi connectivity index (χ4n) is 4.49. The molecule has 0 radical (unpaired) electrons. The van der Waals surface area contributed by atoms with Gasteiger partial charge in [0.2, 0.25) is 5.75 Å².